The lowest BCUT2D eigenvalue weighted by molar-refractivity contribution is 0.480. The van der Waals surface area contributed by atoms with Gasteiger partial charge in [0.15, 0.2) is 0 Å². The number of nitrogens with one attached hydrogen (secondary N) is 1. The highest BCUT2D eigenvalue weighted by molar-refractivity contribution is 7.12. The predicted octanol–water partition coefficient (Wildman–Crippen LogP) is 4.06. The maximum Gasteiger partial charge on any atom is 0.0449 e. The molecule has 0 amide bonds. The largest absolute Gasteiger partial charge is 0.312 e. The highest BCUT2D eigenvalue weighted by atomic mass is 32.1. The van der Waals surface area contributed by atoms with E-state index in [4.69, 9.17) is 0 Å². The molecule has 0 bridgehead atoms. The van der Waals surface area contributed by atoms with Crippen molar-refractivity contribution < 1.29 is 0 Å². The molecule has 1 heterocycles. The minimum Gasteiger partial charge on any atom is -0.312 e. The van der Waals surface area contributed by atoms with Crippen LogP contribution in [0.2, 0.25) is 0 Å². The number of thiophene rings is 1. The lowest BCUT2D eigenvalue weighted by Gasteiger charge is -2.16. The van der Waals surface area contributed by atoms with Gasteiger partial charge in [-0.1, -0.05) is 12.8 Å². The zero-order valence-electron chi connectivity index (χ0n) is 11.1. The van der Waals surface area contributed by atoms with Crippen LogP contribution in [0.5, 0.6) is 0 Å². The van der Waals surface area contributed by atoms with E-state index < -0.39 is 0 Å². The fourth-order valence-corrected chi connectivity index (χ4v) is 5.21. The molecule has 0 aliphatic heterocycles. The Morgan fingerprint density at radius 1 is 1.24 bits per heavy atom. The molecular formula is C15H23NS. The van der Waals surface area contributed by atoms with Crippen LogP contribution in [0, 0.1) is 31.6 Å². The van der Waals surface area contributed by atoms with E-state index in [0.717, 1.165) is 17.8 Å². The Morgan fingerprint density at radius 3 is 2.35 bits per heavy atom. The van der Waals surface area contributed by atoms with E-state index in [9.17, 15) is 0 Å². The first kappa shape index (κ1) is 11.7. The van der Waals surface area contributed by atoms with Crippen molar-refractivity contribution in [3.63, 3.8) is 0 Å². The van der Waals surface area contributed by atoms with Crippen molar-refractivity contribution >= 4 is 11.3 Å². The van der Waals surface area contributed by atoms with Crippen LogP contribution in [-0.4, -0.2) is 7.05 Å². The van der Waals surface area contributed by atoms with Gasteiger partial charge in [-0.15, -0.1) is 11.3 Å². The lowest BCUT2D eigenvalue weighted by atomic mass is 10.0. The van der Waals surface area contributed by atoms with Crippen LogP contribution >= 0.6 is 11.3 Å². The van der Waals surface area contributed by atoms with Crippen molar-refractivity contribution in [1.29, 1.82) is 0 Å². The molecule has 2 aliphatic carbocycles. The van der Waals surface area contributed by atoms with E-state index in [1.54, 1.807) is 4.88 Å². The van der Waals surface area contributed by atoms with Gasteiger partial charge in [-0.25, -0.2) is 0 Å². The van der Waals surface area contributed by atoms with Gasteiger partial charge >= 0.3 is 0 Å². The molecule has 2 aliphatic rings. The highest BCUT2D eigenvalue weighted by Crippen LogP contribution is 2.61. The van der Waals surface area contributed by atoms with Crippen molar-refractivity contribution in [2.75, 3.05) is 7.05 Å². The number of hydrogen-bond donors (Lipinski definition) is 1. The molecule has 1 N–H and O–H groups in total. The minimum absolute atomic E-state index is 0.627. The molecule has 17 heavy (non-hydrogen) atoms. The Labute approximate surface area is 109 Å². The summed E-state index contributed by atoms with van der Waals surface area (Å²) in [7, 11) is 2.14. The first-order valence-corrected chi connectivity index (χ1v) is 7.78. The monoisotopic (exact) mass is 249 g/mol. The van der Waals surface area contributed by atoms with Gasteiger partial charge in [0.1, 0.15) is 0 Å². The summed E-state index contributed by atoms with van der Waals surface area (Å²) in [5, 5.41) is 3.60. The Balaban J connectivity index is 1.82. The normalized spacial score (nSPS) is 33.2. The van der Waals surface area contributed by atoms with Crippen LogP contribution in [-0.2, 0) is 0 Å². The first-order chi connectivity index (χ1) is 8.22. The zero-order valence-corrected chi connectivity index (χ0v) is 11.9. The molecule has 2 saturated carbocycles. The summed E-state index contributed by atoms with van der Waals surface area (Å²) >= 11 is 2.00. The topological polar surface area (TPSA) is 12.0 Å². The van der Waals surface area contributed by atoms with Crippen LogP contribution in [0.15, 0.2) is 6.07 Å². The molecule has 2 fully saturated rings. The molecule has 0 saturated heterocycles. The predicted molar refractivity (Wildman–Crippen MR) is 74.5 cm³/mol. The summed E-state index contributed by atoms with van der Waals surface area (Å²) in [6, 6.07) is 2.97. The molecule has 94 valence electrons. The zero-order chi connectivity index (χ0) is 12.0. The Hall–Kier alpha value is -0.340. The van der Waals surface area contributed by atoms with Crippen LogP contribution < -0.4 is 5.32 Å². The van der Waals surface area contributed by atoms with Crippen LogP contribution in [0.25, 0.3) is 0 Å². The van der Waals surface area contributed by atoms with Crippen LogP contribution in [0.3, 0.4) is 0 Å². The summed E-state index contributed by atoms with van der Waals surface area (Å²) < 4.78 is 0. The van der Waals surface area contributed by atoms with Gasteiger partial charge in [0, 0.05) is 15.8 Å². The number of hydrogen-bond acceptors (Lipinski definition) is 2. The fourth-order valence-electron chi connectivity index (χ4n) is 4.01. The molecule has 3 atom stereocenters. The Kier molecular flexibility index (Phi) is 3.04. The maximum atomic E-state index is 3.60. The van der Waals surface area contributed by atoms with E-state index in [2.05, 4.69) is 32.3 Å². The number of aryl methyl sites for hydroxylation is 2. The van der Waals surface area contributed by atoms with Crippen LogP contribution in [0.4, 0.5) is 0 Å². The molecular weight excluding hydrogens is 226 g/mol. The van der Waals surface area contributed by atoms with Crippen molar-refractivity contribution in [1.82, 2.24) is 5.32 Å². The van der Waals surface area contributed by atoms with E-state index in [1.807, 2.05) is 11.3 Å². The summed E-state index contributed by atoms with van der Waals surface area (Å²) in [6.45, 7) is 4.50. The average Bonchev–Trinajstić information content (AvgIpc) is 2.93. The molecule has 2 heteroatoms. The SMILES string of the molecule is CNC(c1sc(C)cc1C)C1C2CCCCC21. The smallest absolute Gasteiger partial charge is 0.0449 e. The van der Waals surface area contributed by atoms with Crippen molar-refractivity contribution in [3.8, 4) is 0 Å². The van der Waals surface area contributed by atoms with Gasteiger partial charge < -0.3 is 5.32 Å². The fraction of sp³-hybridized carbons (Fsp3) is 0.733. The minimum atomic E-state index is 0.627. The van der Waals surface area contributed by atoms with E-state index in [0.29, 0.717) is 6.04 Å². The second kappa shape index (κ2) is 4.40. The second-order valence-electron chi connectivity index (χ2n) is 5.86. The van der Waals surface area contributed by atoms with Crippen molar-refractivity contribution in [2.45, 2.75) is 45.6 Å². The average molecular weight is 249 g/mol. The van der Waals surface area contributed by atoms with E-state index in [1.165, 1.54) is 36.1 Å². The van der Waals surface area contributed by atoms with Crippen molar-refractivity contribution in [2.24, 2.45) is 17.8 Å². The molecule has 1 nitrogen and oxygen atoms in total. The first-order valence-electron chi connectivity index (χ1n) is 6.96. The molecule has 3 rings (SSSR count). The standard InChI is InChI=1S/C15H23NS/c1-9-8-10(2)17-15(9)14(16-3)13-11-6-4-5-7-12(11)13/h8,11-14,16H,4-7H2,1-3H3. The summed E-state index contributed by atoms with van der Waals surface area (Å²) in [6.07, 6.45) is 5.90. The summed E-state index contributed by atoms with van der Waals surface area (Å²) in [4.78, 5) is 3.06. The number of fused-ring (bicyclic) bond motifs is 1. The molecule has 0 aromatic carbocycles. The van der Waals surface area contributed by atoms with Crippen molar-refractivity contribution in [3.05, 3.63) is 21.4 Å². The van der Waals surface area contributed by atoms with Gasteiger partial charge in [-0.05, 0) is 63.1 Å². The van der Waals surface area contributed by atoms with Gasteiger partial charge in [-0.3, -0.25) is 0 Å². The molecule has 1 aromatic heterocycles. The Morgan fingerprint density at radius 2 is 1.88 bits per heavy atom. The van der Waals surface area contributed by atoms with Gasteiger partial charge in [0.05, 0.1) is 0 Å². The lowest BCUT2D eigenvalue weighted by Crippen LogP contribution is -2.19. The van der Waals surface area contributed by atoms with E-state index in [-0.39, 0.29) is 0 Å². The molecule has 1 aromatic rings. The Bertz CT molecular complexity index is 397. The summed E-state index contributed by atoms with van der Waals surface area (Å²) in [5.74, 6) is 2.99. The second-order valence-corrected chi connectivity index (χ2v) is 7.15. The van der Waals surface area contributed by atoms with Gasteiger partial charge in [0.2, 0.25) is 0 Å². The molecule has 0 spiro atoms. The van der Waals surface area contributed by atoms with Crippen LogP contribution in [0.1, 0.15) is 47.0 Å². The summed E-state index contributed by atoms with van der Waals surface area (Å²) in [5.41, 5.74) is 1.50. The third-order valence-electron chi connectivity index (χ3n) is 4.78. The third-order valence-corrected chi connectivity index (χ3v) is 6.02. The molecule has 0 radical (unpaired) electrons. The van der Waals surface area contributed by atoms with Gasteiger partial charge in [0.25, 0.3) is 0 Å². The van der Waals surface area contributed by atoms with Gasteiger partial charge in [-0.2, -0.15) is 0 Å². The maximum absolute atomic E-state index is 3.60. The quantitative estimate of drug-likeness (QED) is 0.852. The van der Waals surface area contributed by atoms with E-state index >= 15 is 0 Å². The number of rotatable bonds is 3. The highest BCUT2D eigenvalue weighted by Gasteiger charge is 2.54. The molecule has 3 unspecified atom stereocenters. The third kappa shape index (κ3) is 1.96.